The van der Waals surface area contributed by atoms with Crippen LogP contribution >= 0.6 is 23.2 Å². The molecule has 0 aliphatic carbocycles. The molecule has 1 aliphatic rings. The van der Waals surface area contributed by atoms with Crippen LogP contribution in [0.3, 0.4) is 0 Å². The molecule has 0 atom stereocenters. The molecule has 1 amide bonds. The highest BCUT2D eigenvalue weighted by Crippen LogP contribution is 2.31. The Hall–Kier alpha value is -2.74. The number of amides is 1. The fourth-order valence-electron chi connectivity index (χ4n) is 4.00. The predicted molar refractivity (Wildman–Crippen MR) is 137 cm³/mol. The number of benzene rings is 3. The molecule has 1 fully saturated rings. The maximum absolute atomic E-state index is 13.6. The van der Waals surface area contributed by atoms with E-state index in [1.54, 1.807) is 48.2 Å². The van der Waals surface area contributed by atoms with Crippen molar-refractivity contribution in [2.75, 3.05) is 41.9 Å². The molecule has 6 nitrogen and oxygen atoms in total. The number of rotatable bonds is 6. The second-order valence-electron chi connectivity index (χ2n) is 8.06. The number of carbonyl (C=O) groups is 1. The molecule has 34 heavy (non-hydrogen) atoms. The van der Waals surface area contributed by atoms with Gasteiger partial charge in [0, 0.05) is 41.9 Å². The zero-order valence-corrected chi connectivity index (χ0v) is 21.0. The number of hydrogen-bond acceptors (Lipinski definition) is 4. The third kappa shape index (κ3) is 5.17. The number of hydrogen-bond donors (Lipinski definition) is 0. The van der Waals surface area contributed by atoms with E-state index in [2.05, 4.69) is 4.90 Å². The molecule has 0 saturated carbocycles. The second kappa shape index (κ2) is 10.3. The number of carbonyl (C=O) groups excluding carboxylic acids is 1. The SMILES string of the molecule is Cc1c(Cl)cccc1N(CC(=O)N1CCN(c2cccc(Cl)c2)CC1)S(=O)(=O)c1ccccc1. The van der Waals surface area contributed by atoms with Crippen molar-refractivity contribution in [1.29, 1.82) is 0 Å². The Morgan fingerprint density at radius 1 is 0.912 bits per heavy atom. The fourth-order valence-corrected chi connectivity index (χ4v) is 5.84. The Bertz CT molecular complexity index is 1280. The average molecular weight is 518 g/mol. The van der Waals surface area contributed by atoms with Gasteiger partial charge in [0.15, 0.2) is 0 Å². The first-order valence-corrected chi connectivity index (χ1v) is 13.1. The molecular weight excluding hydrogens is 493 g/mol. The van der Waals surface area contributed by atoms with Gasteiger partial charge in [0.1, 0.15) is 6.54 Å². The molecule has 0 unspecified atom stereocenters. The Balaban J connectivity index is 1.56. The lowest BCUT2D eigenvalue weighted by atomic mass is 10.2. The Labute approximate surface area is 210 Å². The summed E-state index contributed by atoms with van der Waals surface area (Å²) in [7, 11) is -3.98. The molecule has 1 aliphatic heterocycles. The lowest BCUT2D eigenvalue weighted by Gasteiger charge is -2.37. The largest absolute Gasteiger partial charge is 0.368 e. The summed E-state index contributed by atoms with van der Waals surface area (Å²) in [6, 6.07) is 20.8. The minimum atomic E-state index is -3.98. The third-order valence-electron chi connectivity index (χ3n) is 5.92. The monoisotopic (exact) mass is 517 g/mol. The smallest absolute Gasteiger partial charge is 0.264 e. The maximum Gasteiger partial charge on any atom is 0.264 e. The van der Waals surface area contributed by atoms with Gasteiger partial charge in [-0.15, -0.1) is 0 Å². The van der Waals surface area contributed by atoms with Crippen LogP contribution in [-0.2, 0) is 14.8 Å². The van der Waals surface area contributed by atoms with E-state index in [1.807, 2.05) is 24.3 Å². The summed E-state index contributed by atoms with van der Waals surface area (Å²) < 4.78 is 28.3. The van der Waals surface area contributed by atoms with E-state index in [1.165, 1.54) is 12.1 Å². The molecule has 9 heteroatoms. The van der Waals surface area contributed by atoms with Gasteiger partial charge in [-0.25, -0.2) is 8.42 Å². The Kier molecular flexibility index (Phi) is 7.36. The van der Waals surface area contributed by atoms with Crippen LogP contribution in [-0.4, -0.2) is 51.9 Å². The van der Waals surface area contributed by atoms with Crippen molar-refractivity contribution in [3.05, 3.63) is 88.4 Å². The molecule has 3 aromatic carbocycles. The van der Waals surface area contributed by atoms with Gasteiger partial charge in [-0.2, -0.15) is 0 Å². The first kappa shape index (κ1) is 24.4. The molecular formula is C25H25Cl2N3O3S. The van der Waals surface area contributed by atoms with Crippen molar-refractivity contribution in [3.8, 4) is 0 Å². The fraction of sp³-hybridized carbons (Fsp3) is 0.240. The number of sulfonamides is 1. The quantitative estimate of drug-likeness (QED) is 0.469. The molecule has 1 heterocycles. The van der Waals surface area contributed by atoms with Crippen molar-refractivity contribution in [1.82, 2.24) is 4.90 Å². The molecule has 0 aromatic heterocycles. The summed E-state index contributed by atoms with van der Waals surface area (Å²) in [6.45, 7) is 3.68. The predicted octanol–water partition coefficient (Wildman–Crippen LogP) is 4.85. The zero-order valence-electron chi connectivity index (χ0n) is 18.7. The van der Waals surface area contributed by atoms with Gasteiger partial charge in [0.2, 0.25) is 5.91 Å². The summed E-state index contributed by atoms with van der Waals surface area (Å²) in [5.41, 5.74) is 1.99. The Morgan fingerprint density at radius 2 is 1.59 bits per heavy atom. The normalized spacial score (nSPS) is 14.2. The molecule has 3 aromatic rings. The second-order valence-corrected chi connectivity index (χ2v) is 10.8. The standard InChI is InChI=1S/C25H25Cl2N3O3S/c1-19-23(27)11-6-12-24(19)30(34(32,33)22-9-3-2-4-10-22)18-25(31)29-15-13-28(14-16-29)21-8-5-7-20(26)17-21/h2-12,17H,13-16,18H2,1H3. The number of halogens is 2. The van der Waals surface area contributed by atoms with Crippen LogP contribution in [0.15, 0.2) is 77.7 Å². The van der Waals surface area contributed by atoms with E-state index in [9.17, 15) is 13.2 Å². The highest BCUT2D eigenvalue weighted by Gasteiger charge is 2.31. The van der Waals surface area contributed by atoms with E-state index < -0.39 is 10.0 Å². The van der Waals surface area contributed by atoms with E-state index >= 15 is 0 Å². The summed E-state index contributed by atoms with van der Waals surface area (Å²) in [5, 5.41) is 1.10. The van der Waals surface area contributed by atoms with Gasteiger partial charge in [-0.05, 0) is 55.0 Å². The first-order valence-electron chi connectivity index (χ1n) is 10.9. The number of nitrogens with zero attached hydrogens (tertiary/aromatic N) is 3. The van der Waals surface area contributed by atoms with Crippen LogP contribution in [0.1, 0.15) is 5.56 Å². The topological polar surface area (TPSA) is 60.9 Å². The van der Waals surface area contributed by atoms with Gasteiger partial charge in [0.25, 0.3) is 10.0 Å². The number of piperazine rings is 1. The molecule has 0 spiro atoms. The molecule has 178 valence electrons. The van der Waals surface area contributed by atoms with Crippen LogP contribution < -0.4 is 9.21 Å². The van der Waals surface area contributed by atoms with Gasteiger partial charge in [0.05, 0.1) is 10.6 Å². The van der Waals surface area contributed by atoms with E-state index in [4.69, 9.17) is 23.2 Å². The third-order valence-corrected chi connectivity index (χ3v) is 8.34. The summed E-state index contributed by atoms with van der Waals surface area (Å²) in [5.74, 6) is -0.260. The van der Waals surface area contributed by atoms with Crippen LogP contribution in [0.4, 0.5) is 11.4 Å². The zero-order chi connectivity index (χ0) is 24.3. The molecule has 0 bridgehead atoms. The van der Waals surface area contributed by atoms with Gasteiger partial charge in [-0.3, -0.25) is 9.10 Å². The molecule has 4 rings (SSSR count). The lowest BCUT2D eigenvalue weighted by molar-refractivity contribution is -0.129. The lowest BCUT2D eigenvalue weighted by Crippen LogP contribution is -2.52. The van der Waals surface area contributed by atoms with E-state index in [0.29, 0.717) is 47.5 Å². The van der Waals surface area contributed by atoms with Crippen molar-refractivity contribution >= 4 is 50.5 Å². The van der Waals surface area contributed by atoms with Crippen molar-refractivity contribution in [2.45, 2.75) is 11.8 Å². The van der Waals surface area contributed by atoms with E-state index in [0.717, 1.165) is 9.99 Å². The van der Waals surface area contributed by atoms with Gasteiger partial charge < -0.3 is 9.80 Å². The number of anilines is 2. The van der Waals surface area contributed by atoms with Gasteiger partial charge >= 0.3 is 0 Å². The minimum absolute atomic E-state index is 0.118. The summed E-state index contributed by atoms with van der Waals surface area (Å²) in [4.78, 5) is 17.3. The highest BCUT2D eigenvalue weighted by atomic mass is 35.5. The maximum atomic E-state index is 13.6. The average Bonchev–Trinajstić information content (AvgIpc) is 2.85. The first-order chi connectivity index (χ1) is 16.3. The highest BCUT2D eigenvalue weighted by molar-refractivity contribution is 7.92. The molecule has 1 saturated heterocycles. The van der Waals surface area contributed by atoms with E-state index in [-0.39, 0.29) is 17.3 Å². The summed E-state index contributed by atoms with van der Waals surface area (Å²) >= 11 is 12.4. The summed E-state index contributed by atoms with van der Waals surface area (Å²) in [6.07, 6.45) is 0. The van der Waals surface area contributed by atoms with Gasteiger partial charge in [-0.1, -0.05) is 53.5 Å². The van der Waals surface area contributed by atoms with Crippen molar-refractivity contribution in [3.63, 3.8) is 0 Å². The Morgan fingerprint density at radius 3 is 2.26 bits per heavy atom. The minimum Gasteiger partial charge on any atom is -0.368 e. The van der Waals surface area contributed by atoms with Crippen molar-refractivity contribution < 1.29 is 13.2 Å². The molecule has 0 radical (unpaired) electrons. The molecule has 0 N–H and O–H groups in total. The van der Waals surface area contributed by atoms with Crippen LogP contribution in [0, 0.1) is 6.92 Å². The van der Waals surface area contributed by atoms with Crippen LogP contribution in [0.2, 0.25) is 10.0 Å². The van der Waals surface area contributed by atoms with Crippen molar-refractivity contribution in [2.24, 2.45) is 0 Å². The van der Waals surface area contributed by atoms with Crippen LogP contribution in [0.5, 0.6) is 0 Å². The van der Waals surface area contributed by atoms with Crippen LogP contribution in [0.25, 0.3) is 0 Å².